The Balaban J connectivity index is 2.40. The minimum atomic E-state index is -3.60. The number of alkyl halides is 1. The smallest absolute Gasteiger partial charge is 0.265 e. The number of rotatable bonds is 4. The van der Waals surface area contributed by atoms with E-state index in [0.717, 1.165) is 10.1 Å². The summed E-state index contributed by atoms with van der Waals surface area (Å²) in [5.74, 6) is 0. The number of thiophene rings is 1. The van der Waals surface area contributed by atoms with E-state index in [1.807, 2.05) is 24.3 Å². The van der Waals surface area contributed by atoms with Gasteiger partial charge in [0.05, 0.1) is 6.61 Å². The highest BCUT2D eigenvalue weighted by Gasteiger charge is 2.17. The van der Waals surface area contributed by atoms with Crippen LogP contribution < -0.4 is 0 Å². The molecule has 16 heavy (non-hydrogen) atoms. The van der Waals surface area contributed by atoms with E-state index in [9.17, 15) is 8.42 Å². The molecule has 1 aromatic heterocycles. The molecule has 0 saturated carbocycles. The summed E-state index contributed by atoms with van der Waals surface area (Å²) in [5, 5.41) is 1.42. The minimum absolute atomic E-state index is 0.149. The lowest BCUT2D eigenvalue weighted by molar-refractivity contribution is 0.343. The molecule has 0 bridgehead atoms. The highest BCUT2D eigenvalue weighted by Crippen LogP contribution is 2.29. The summed E-state index contributed by atoms with van der Waals surface area (Å²) in [6.45, 7) is 0.149. The standard InChI is InChI=1S/C10H9BrO3S2/c11-5-6-14-16(12,13)10-7-8-3-1-2-4-9(8)15-10/h1-4,7H,5-6H2. The van der Waals surface area contributed by atoms with E-state index < -0.39 is 10.1 Å². The lowest BCUT2D eigenvalue weighted by Gasteiger charge is -1.99. The Labute approximate surface area is 106 Å². The molecule has 1 aromatic carbocycles. The summed E-state index contributed by atoms with van der Waals surface area (Å²) in [7, 11) is -3.60. The van der Waals surface area contributed by atoms with Gasteiger partial charge in [0, 0.05) is 10.0 Å². The Morgan fingerprint density at radius 3 is 2.75 bits per heavy atom. The van der Waals surface area contributed by atoms with Crippen molar-refractivity contribution in [3.63, 3.8) is 0 Å². The maximum absolute atomic E-state index is 11.7. The average Bonchev–Trinajstić information content (AvgIpc) is 2.71. The molecular formula is C10H9BrO3S2. The fourth-order valence-electron chi connectivity index (χ4n) is 1.28. The number of fused-ring (bicyclic) bond motifs is 1. The predicted octanol–water partition coefficient (Wildman–Crippen LogP) is 3.00. The second-order valence-electron chi connectivity index (χ2n) is 3.07. The van der Waals surface area contributed by atoms with E-state index in [1.54, 1.807) is 6.07 Å². The van der Waals surface area contributed by atoms with Gasteiger partial charge in [-0.05, 0) is 17.5 Å². The van der Waals surface area contributed by atoms with Gasteiger partial charge in [-0.15, -0.1) is 11.3 Å². The van der Waals surface area contributed by atoms with Crippen molar-refractivity contribution in [3.05, 3.63) is 30.3 Å². The highest BCUT2D eigenvalue weighted by molar-refractivity contribution is 9.09. The monoisotopic (exact) mass is 320 g/mol. The van der Waals surface area contributed by atoms with E-state index in [4.69, 9.17) is 4.18 Å². The molecule has 1 heterocycles. The fraction of sp³-hybridized carbons (Fsp3) is 0.200. The van der Waals surface area contributed by atoms with Crippen LogP contribution in [-0.4, -0.2) is 20.4 Å². The normalized spacial score (nSPS) is 12.1. The van der Waals surface area contributed by atoms with Gasteiger partial charge in [-0.3, -0.25) is 4.18 Å². The molecule has 0 aliphatic heterocycles. The van der Waals surface area contributed by atoms with Gasteiger partial charge in [0.25, 0.3) is 0 Å². The highest BCUT2D eigenvalue weighted by atomic mass is 79.9. The minimum Gasteiger partial charge on any atom is -0.265 e. The SMILES string of the molecule is O=S(=O)(OCCBr)c1cc2ccccc2s1. The zero-order chi connectivity index (χ0) is 11.6. The predicted molar refractivity (Wildman–Crippen MR) is 68.8 cm³/mol. The summed E-state index contributed by atoms with van der Waals surface area (Å²) in [6.07, 6.45) is 0. The van der Waals surface area contributed by atoms with Gasteiger partial charge in [-0.1, -0.05) is 34.1 Å². The molecule has 2 aromatic rings. The molecule has 2 rings (SSSR count). The molecule has 0 atom stereocenters. The van der Waals surface area contributed by atoms with Crippen molar-refractivity contribution >= 4 is 47.5 Å². The first kappa shape index (κ1) is 12.0. The topological polar surface area (TPSA) is 43.4 Å². The van der Waals surface area contributed by atoms with Crippen LogP contribution in [0, 0.1) is 0 Å². The van der Waals surface area contributed by atoms with Gasteiger partial charge in [0.2, 0.25) is 0 Å². The zero-order valence-corrected chi connectivity index (χ0v) is 11.4. The molecule has 0 aliphatic rings. The lowest BCUT2D eigenvalue weighted by Crippen LogP contribution is -2.06. The fourth-order valence-corrected chi connectivity index (χ4v) is 3.96. The molecule has 86 valence electrons. The van der Waals surface area contributed by atoms with Crippen molar-refractivity contribution in [1.29, 1.82) is 0 Å². The van der Waals surface area contributed by atoms with Gasteiger partial charge in [-0.25, -0.2) is 0 Å². The van der Waals surface area contributed by atoms with Crippen LogP contribution in [0.2, 0.25) is 0 Å². The van der Waals surface area contributed by atoms with Gasteiger partial charge >= 0.3 is 10.1 Å². The Hall–Kier alpha value is -0.430. The van der Waals surface area contributed by atoms with Gasteiger partial charge in [0.1, 0.15) is 4.21 Å². The lowest BCUT2D eigenvalue weighted by atomic mass is 10.3. The van der Waals surface area contributed by atoms with Gasteiger partial charge in [0.15, 0.2) is 0 Å². The average molecular weight is 321 g/mol. The third-order valence-corrected chi connectivity index (χ3v) is 5.15. The van der Waals surface area contributed by atoms with E-state index in [1.165, 1.54) is 11.3 Å². The summed E-state index contributed by atoms with van der Waals surface area (Å²) in [4.78, 5) is 0. The number of benzene rings is 1. The Morgan fingerprint density at radius 1 is 1.31 bits per heavy atom. The maximum Gasteiger partial charge on any atom is 0.306 e. The Bertz CT molecular complexity index is 556. The third kappa shape index (κ3) is 2.45. The van der Waals surface area contributed by atoms with E-state index in [2.05, 4.69) is 15.9 Å². The summed E-state index contributed by atoms with van der Waals surface area (Å²) >= 11 is 4.35. The molecule has 0 aliphatic carbocycles. The number of hydrogen-bond acceptors (Lipinski definition) is 4. The Kier molecular flexibility index (Phi) is 3.63. The second-order valence-corrected chi connectivity index (χ2v) is 6.79. The molecule has 0 saturated heterocycles. The van der Waals surface area contributed by atoms with Crippen LogP contribution in [0.15, 0.2) is 34.5 Å². The van der Waals surface area contributed by atoms with Gasteiger partial charge in [-0.2, -0.15) is 8.42 Å². The first-order chi connectivity index (χ1) is 7.63. The summed E-state index contributed by atoms with van der Waals surface area (Å²) in [6, 6.07) is 9.18. The van der Waals surface area contributed by atoms with Crippen LogP contribution in [0.4, 0.5) is 0 Å². The number of hydrogen-bond donors (Lipinski definition) is 0. The van der Waals surface area contributed by atoms with Crippen molar-refractivity contribution in [1.82, 2.24) is 0 Å². The van der Waals surface area contributed by atoms with Crippen molar-refractivity contribution in [2.24, 2.45) is 0 Å². The molecular weight excluding hydrogens is 312 g/mol. The first-order valence-electron chi connectivity index (χ1n) is 4.57. The van der Waals surface area contributed by atoms with Crippen LogP contribution in [0.25, 0.3) is 10.1 Å². The van der Waals surface area contributed by atoms with E-state index >= 15 is 0 Å². The quantitative estimate of drug-likeness (QED) is 0.642. The summed E-state index contributed by atoms with van der Waals surface area (Å²) in [5.41, 5.74) is 0. The van der Waals surface area contributed by atoms with Crippen LogP contribution in [0.3, 0.4) is 0 Å². The molecule has 0 unspecified atom stereocenters. The summed E-state index contributed by atoms with van der Waals surface area (Å²) < 4.78 is 29.5. The van der Waals surface area contributed by atoms with Crippen molar-refractivity contribution < 1.29 is 12.6 Å². The molecule has 6 heteroatoms. The van der Waals surface area contributed by atoms with E-state index in [-0.39, 0.29) is 10.8 Å². The number of halogens is 1. The second kappa shape index (κ2) is 4.83. The third-order valence-electron chi connectivity index (χ3n) is 1.96. The van der Waals surface area contributed by atoms with Crippen LogP contribution >= 0.6 is 27.3 Å². The molecule has 3 nitrogen and oxygen atoms in total. The van der Waals surface area contributed by atoms with Gasteiger partial charge < -0.3 is 0 Å². The molecule has 0 fully saturated rings. The van der Waals surface area contributed by atoms with Crippen molar-refractivity contribution in [2.75, 3.05) is 11.9 Å². The largest absolute Gasteiger partial charge is 0.306 e. The van der Waals surface area contributed by atoms with Crippen LogP contribution in [0.5, 0.6) is 0 Å². The zero-order valence-electron chi connectivity index (χ0n) is 8.22. The maximum atomic E-state index is 11.7. The van der Waals surface area contributed by atoms with Crippen LogP contribution in [-0.2, 0) is 14.3 Å². The van der Waals surface area contributed by atoms with Crippen molar-refractivity contribution in [2.45, 2.75) is 4.21 Å². The molecule has 0 radical (unpaired) electrons. The molecule has 0 spiro atoms. The first-order valence-corrected chi connectivity index (χ1v) is 7.92. The molecule has 0 N–H and O–H groups in total. The Morgan fingerprint density at radius 2 is 2.06 bits per heavy atom. The van der Waals surface area contributed by atoms with Crippen LogP contribution in [0.1, 0.15) is 0 Å². The van der Waals surface area contributed by atoms with E-state index in [0.29, 0.717) is 5.33 Å². The van der Waals surface area contributed by atoms with Crippen molar-refractivity contribution in [3.8, 4) is 0 Å². The molecule has 0 amide bonds.